The molecule has 0 amide bonds. The van der Waals surface area contributed by atoms with E-state index in [4.69, 9.17) is 5.11 Å². The molecule has 0 aliphatic carbocycles. The van der Waals surface area contributed by atoms with Gasteiger partial charge in [0.15, 0.2) is 0 Å². The van der Waals surface area contributed by atoms with Crippen molar-refractivity contribution in [1.82, 2.24) is 0 Å². The molecule has 0 bridgehead atoms. The van der Waals surface area contributed by atoms with Crippen molar-refractivity contribution in [3.05, 3.63) is 0 Å². The second-order valence-corrected chi connectivity index (χ2v) is 0.860. The molecule has 0 aromatic heterocycles. The molecule has 0 spiro atoms. The van der Waals surface area contributed by atoms with Gasteiger partial charge >= 0.3 is 41.7 Å². The van der Waals surface area contributed by atoms with Crippen molar-refractivity contribution in [2.45, 2.75) is 6.92 Å². The number of carboxylic acid groups (broad SMARTS) is 1. The summed E-state index contributed by atoms with van der Waals surface area (Å²) in [6.07, 6.45) is -1.56. The van der Waals surface area contributed by atoms with E-state index in [2.05, 4.69) is 4.74 Å². The third-order valence-corrected chi connectivity index (χ3v) is 0.231. The van der Waals surface area contributed by atoms with E-state index >= 15 is 0 Å². The minimum absolute atomic E-state index is 0. The normalized spacial score (nSPS) is 6.62. The molecule has 0 aliphatic rings. The molecule has 0 aliphatic heterocycles. The monoisotopic (exact) mass is 128 g/mol. The predicted molar refractivity (Wildman–Crippen MR) is 26.9 cm³/mol. The van der Waals surface area contributed by atoms with E-state index in [-0.39, 0.29) is 29.6 Å². The summed E-state index contributed by atoms with van der Waals surface area (Å²) in [6.45, 7) is 1.02. The van der Waals surface area contributed by atoms with Crippen LogP contribution < -0.4 is 0 Å². The maximum atomic E-state index is 9.65. The van der Waals surface area contributed by atoms with Crippen LogP contribution in [0.15, 0.2) is 0 Å². The van der Waals surface area contributed by atoms with Gasteiger partial charge < -0.3 is 9.84 Å². The van der Waals surface area contributed by atoms with E-state index in [0.29, 0.717) is 0 Å². The van der Waals surface area contributed by atoms with E-state index in [1.165, 1.54) is 0 Å². The second-order valence-electron chi connectivity index (χ2n) is 0.860. The molecule has 5 heteroatoms. The first-order chi connectivity index (χ1) is 3.13. The summed E-state index contributed by atoms with van der Waals surface area (Å²) in [5, 5.41) is 7.64. The Bertz CT molecular complexity index is 87.5. The van der Waals surface area contributed by atoms with E-state index in [0.717, 1.165) is 6.92 Å². The number of ether oxygens (including phenoxy) is 1. The van der Waals surface area contributed by atoms with Crippen LogP contribution in [-0.2, 0) is 9.53 Å². The van der Waals surface area contributed by atoms with Gasteiger partial charge in [-0.1, -0.05) is 0 Å². The Labute approximate surface area is 68.1 Å². The van der Waals surface area contributed by atoms with Crippen LogP contribution in [0.4, 0.5) is 4.79 Å². The fourth-order valence-electron chi connectivity index (χ4n) is 0.123. The molecule has 0 aromatic rings. The molecular formula is C3H5NaO4. The Morgan fingerprint density at radius 3 is 1.88 bits per heavy atom. The van der Waals surface area contributed by atoms with Crippen LogP contribution in [0.1, 0.15) is 6.92 Å². The summed E-state index contributed by atoms with van der Waals surface area (Å²) in [6, 6.07) is 0. The van der Waals surface area contributed by atoms with Crippen molar-refractivity contribution in [2.75, 3.05) is 0 Å². The SMILES string of the molecule is CC(=O)OC(=O)O.[NaH]. The number of hydrogen-bond donors (Lipinski definition) is 1. The first-order valence-electron chi connectivity index (χ1n) is 1.54. The zero-order chi connectivity index (χ0) is 5.86. The van der Waals surface area contributed by atoms with Gasteiger partial charge in [-0.2, -0.15) is 0 Å². The third-order valence-electron chi connectivity index (χ3n) is 0.231. The Morgan fingerprint density at radius 2 is 1.88 bits per heavy atom. The standard InChI is InChI=1S/C3H4O4.Na.H/c1-2(4)7-3(5)6;;/h1H3,(H,5,6);;. The quantitative estimate of drug-likeness (QED) is 0.273. The van der Waals surface area contributed by atoms with Crippen molar-refractivity contribution >= 4 is 41.7 Å². The average Bonchev–Trinajstić information content (AvgIpc) is 1.27. The van der Waals surface area contributed by atoms with Crippen LogP contribution in [0.3, 0.4) is 0 Å². The first kappa shape index (κ1) is 10.8. The topological polar surface area (TPSA) is 63.6 Å². The molecule has 0 atom stereocenters. The van der Waals surface area contributed by atoms with Crippen molar-refractivity contribution in [2.24, 2.45) is 0 Å². The van der Waals surface area contributed by atoms with Crippen molar-refractivity contribution in [3.63, 3.8) is 0 Å². The number of rotatable bonds is 0. The van der Waals surface area contributed by atoms with Gasteiger partial charge in [0.2, 0.25) is 0 Å². The van der Waals surface area contributed by atoms with Gasteiger partial charge in [-0.25, -0.2) is 4.79 Å². The molecule has 0 radical (unpaired) electrons. The van der Waals surface area contributed by atoms with Gasteiger partial charge in [0.1, 0.15) is 0 Å². The second kappa shape index (κ2) is 5.08. The molecular weight excluding hydrogens is 123 g/mol. The maximum absolute atomic E-state index is 9.65. The Hall–Kier alpha value is -0.0600. The fourth-order valence-corrected chi connectivity index (χ4v) is 0.123. The molecule has 0 aromatic carbocycles. The first-order valence-corrected chi connectivity index (χ1v) is 1.54. The van der Waals surface area contributed by atoms with Crippen LogP contribution in [0.5, 0.6) is 0 Å². The number of hydrogen-bond acceptors (Lipinski definition) is 3. The third kappa shape index (κ3) is 9.34. The zero-order valence-electron chi connectivity index (χ0n) is 3.67. The summed E-state index contributed by atoms with van der Waals surface area (Å²) in [5.41, 5.74) is 0. The molecule has 1 N–H and O–H groups in total. The van der Waals surface area contributed by atoms with Gasteiger partial charge in [0.05, 0.1) is 0 Å². The van der Waals surface area contributed by atoms with Crippen molar-refractivity contribution in [3.8, 4) is 0 Å². The molecule has 8 heavy (non-hydrogen) atoms. The Morgan fingerprint density at radius 1 is 1.50 bits per heavy atom. The molecule has 42 valence electrons. The number of carbonyl (C=O) groups is 2. The molecule has 0 saturated heterocycles. The minimum atomic E-state index is -1.56. The van der Waals surface area contributed by atoms with Gasteiger partial charge in [-0.05, 0) is 0 Å². The molecule has 4 nitrogen and oxygen atoms in total. The molecule has 0 heterocycles. The van der Waals surface area contributed by atoms with Gasteiger partial charge in [-0.3, -0.25) is 4.79 Å². The predicted octanol–water partition coefficient (Wildman–Crippen LogP) is -0.421. The van der Waals surface area contributed by atoms with Crippen LogP contribution in [0.2, 0.25) is 0 Å². The average molecular weight is 128 g/mol. The summed E-state index contributed by atoms with van der Waals surface area (Å²) in [4.78, 5) is 19.0. The summed E-state index contributed by atoms with van der Waals surface area (Å²) in [7, 11) is 0. The summed E-state index contributed by atoms with van der Waals surface area (Å²) >= 11 is 0. The van der Waals surface area contributed by atoms with Crippen LogP contribution in [0.25, 0.3) is 0 Å². The van der Waals surface area contributed by atoms with Crippen molar-refractivity contribution < 1.29 is 19.4 Å². The van der Waals surface area contributed by atoms with E-state index in [1.54, 1.807) is 0 Å². The number of carbonyl (C=O) groups excluding carboxylic acids is 1. The summed E-state index contributed by atoms with van der Waals surface area (Å²) < 4.78 is 3.53. The Balaban J connectivity index is 0. The van der Waals surface area contributed by atoms with E-state index < -0.39 is 12.1 Å². The van der Waals surface area contributed by atoms with E-state index in [1.807, 2.05) is 0 Å². The van der Waals surface area contributed by atoms with Gasteiger partial charge in [0.25, 0.3) is 0 Å². The Kier molecular flexibility index (Phi) is 6.89. The molecule has 0 rings (SSSR count). The summed E-state index contributed by atoms with van der Waals surface area (Å²) in [5.74, 6) is -0.812. The van der Waals surface area contributed by atoms with Gasteiger partial charge in [-0.15, -0.1) is 0 Å². The van der Waals surface area contributed by atoms with Gasteiger partial charge in [0, 0.05) is 6.92 Å². The molecule has 0 unspecified atom stereocenters. The molecule has 0 saturated carbocycles. The number of esters is 1. The fraction of sp³-hybridized carbons (Fsp3) is 0.333. The van der Waals surface area contributed by atoms with Crippen LogP contribution >= 0.6 is 0 Å². The van der Waals surface area contributed by atoms with Crippen molar-refractivity contribution in [1.29, 1.82) is 0 Å². The molecule has 0 fully saturated rings. The zero-order valence-corrected chi connectivity index (χ0v) is 3.67. The van der Waals surface area contributed by atoms with Crippen LogP contribution in [-0.4, -0.2) is 46.8 Å². The van der Waals surface area contributed by atoms with Crippen LogP contribution in [0, 0.1) is 0 Å². The van der Waals surface area contributed by atoms with E-state index in [9.17, 15) is 9.59 Å².